The largest absolute Gasteiger partial charge is 0.369 e. The summed E-state index contributed by atoms with van der Waals surface area (Å²) in [5.41, 5.74) is 8.58. The van der Waals surface area contributed by atoms with Crippen LogP contribution in [0.4, 0.5) is 11.6 Å². The molecule has 24 heavy (non-hydrogen) atoms. The smallest absolute Gasteiger partial charge is 0.260 e. The minimum atomic E-state index is -0.238. The first-order valence-electron chi connectivity index (χ1n) is 7.69. The maximum Gasteiger partial charge on any atom is 0.260 e. The highest BCUT2D eigenvalue weighted by molar-refractivity contribution is 5.79. The first-order chi connectivity index (χ1) is 11.6. The molecule has 0 radical (unpaired) electrons. The number of hydrogen-bond donors (Lipinski definition) is 2. The molecule has 0 bridgehead atoms. The summed E-state index contributed by atoms with van der Waals surface area (Å²) in [6, 6.07) is 13.0. The van der Waals surface area contributed by atoms with Gasteiger partial charge >= 0.3 is 0 Å². The Balaban J connectivity index is 1.91. The van der Waals surface area contributed by atoms with E-state index in [2.05, 4.69) is 21.8 Å². The van der Waals surface area contributed by atoms with Crippen molar-refractivity contribution >= 4 is 28.8 Å². The summed E-state index contributed by atoms with van der Waals surface area (Å²) in [7, 11) is 0. The van der Waals surface area contributed by atoms with Crippen LogP contribution < -0.4 is 16.2 Å². The Kier molecular flexibility index (Phi) is 4.29. The first kappa shape index (κ1) is 15.7. The summed E-state index contributed by atoms with van der Waals surface area (Å²) >= 11 is 0. The average Bonchev–Trinajstić information content (AvgIpc) is 2.60. The highest BCUT2D eigenvalue weighted by Gasteiger charge is 2.08. The van der Waals surface area contributed by atoms with E-state index in [1.165, 1.54) is 0 Å². The Morgan fingerprint density at radius 1 is 1.21 bits per heavy atom. The lowest BCUT2D eigenvalue weighted by molar-refractivity contribution is 0.112. The van der Waals surface area contributed by atoms with Crippen LogP contribution in [0, 0.1) is 0 Å². The second kappa shape index (κ2) is 6.54. The normalized spacial score (nSPS) is 10.7. The Bertz CT molecular complexity index is 932. The molecular formula is C18H18N4O2. The number of nitrogens with two attached hydrogens (primary N) is 1. The standard InChI is InChI=1S/C18H18N4O2/c1-2-22(14-6-3-12(11-23)4-7-14)10-13-5-8-16-15(9-13)17(24)21-18(19)20-16/h3-9,11H,2,10H2,1H3,(H3,19,20,21,24). The number of benzene rings is 2. The molecule has 0 spiro atoms. The van der Waals surface area contributed by atoms with Crippen LogP contribution in [-0.4, -0.2) is 22.8 Å². The molecule has 1 heterocycles. The molecule has 0 saturated heterocycles. The second-order valence-electron chi connectivity index (χ2n) is 5.53. The number of aromatic nitrogens is 2. The predicted molar refractivity (Wildman–Crippen MR) is 95.3 cm³/mol. The van der Waals surface area contributed by atoms with Crippen molar-refractivity contribution in [3.05, 3.63) is 63.9 Å². The number of nitrogen functional groups attached to an aromatic ring is 1. The van der Waals surface area contributed by atoms with Gasteiger partial charge in [-0.1, -0.05) is 6.07 Å². The van der Waals surface area contributed by atoms with E-state index in [1.807, 2.05) is 24.3 Å². The van der Waals surface area contributed by atoms with Gasteiger partial charge in [-0.2, -0.15) is 0 Å². The molecule has 122 valence electrons. The zero-order chi connectivity index (χ0) is 17.1. The Morgan fingerprint density at radius 3 is 2.62 bits per heavy atom. The molecule has 6 nitrogen and oxygen atoms in total. The molecule has 0 aliphatic carbocycles. The Morgan fingerprint density at radius 2 is 1.96 bits per heavy atom. The topological polar surface area (TPSA) is 92.1 Å². The third kappa shape index (κ3) is 3.12. The lowest BCUT2D eigenvalue weighted by Gasteiger charge is -2.23. The molecule has 0 saturated carbocycles. The van der Waals surface area contributed by atoms with Crippen molar-refractivity contribution in [3.8, 4) is 0 Å². The van der Waals surface area contributed by atoms with E-state index in [9.17, 15) is 9.59 Å². The van der Waals surface area contributed by atoms with Crippen LogP contribution in [0.15, 0.2) is 47.3 Å². The molecule has 0 aliphatic rings. The molecule has 6 heteroatoms. The van der Waals surface area contributed by atoms with E-state index in [0.717, 1.165) is 24.1 Å². The number of anilines is 2. The number of fused-ring (bicyclic) bond motifs is 1. The third-order valence-electron chi connectivity index (χ3n) is 3.94. The van der Waals surface area contributed by atoms with Crippen LogP contribution >= 0.6 is 0 Å². The van der Waals surface area contributed by atoms with Gasteiger partial charge in [-0.05, 0) is 48.9 Å². The minimum Gasteiger partial charge on any atom is -0.369 e. The molecule has 3 rings (SSSR count). The first-order valence-corrected chi connectivity index (χ1v) is 7.69. The summed E-state index contributed by atoms with van der Waals surface area (Å²) < 4.78 is 0. The predicted octanol–water partition coefficient (Wildman–Crippen LogP) is 2.34. The zero-order valence-corrected chi connectivity index (χ0v) is 13.3. The van der Waals surface area contributed by atoms with E-state index in [1.54, 1.807) is 18.2 Å². The monoisotopic (exact) mass is 322 g/mol. The van der Waals surface area contributed by atoms with Gasteiger partial charge in [-0.3, -0.25) is 14.6 Å². The van der Waals surface area contributed by atoms with Crippen molar-refractivity contribution in [3.63, 3.8) is 0 Å². The van der Waals surface area contributed by atoms with Gasteiger partial charge in [0.2, 0.25) is 5.95 Å². The number of nitrogens with one attached hydrogen (secondary N) is 1. The maximum atomic E-state index is 12.0. The fourth-order valence-corrected chi connectivity index (χ4v) is 2.67. The quantitative estimate of drug-likeness (QED) is 0.703. The number of aromatic amines is 1. The Hall–Kier alpha value is -3.15. The lowest BCUT2D eigenvalue weighted by atomic mass is 10.1. The summed E-state index contributed by atoms with van der Waals surface area (Å²) in [5.74, 6) is 0.116. The lowest BCUT2D eigenvalue weighted by Crippen LogP contribution is -2.22. The number of nitrogens with zero attached hydrogens (tertiary/aromatic N) is 2. The van der Waals surface area contributed by atoms with Crippen molar-refractivity contribution in [2.45, 2.75) is 13.5 Å². The van der Waals surface area contributed by atoms with E-state index >= 15 is 0 Å². The van der Waals surface area contributed by atoms with Crippen LogP contribution in [0.5, 0.6) is 0 Å². The van der Waals surface area contributed by atoms with Gasteiger partial charge in [-0.25, -0.2) is 4.98 Å². The van der Waals surface area contributed by atoms with Crippen molar-refractivity contribution in [1.29, 1.82) is 0 Å². The highest BCUT2D eigenvalue weighted by Crippen LogP contribution is 2.19. The maximum absolute atomic E-state index is 12.0. The molecule has 3 aromatic rings. The van der Waals surface area contributed by atoms with E-state index < -0.39 is 0 Å². The van der Waals surface area contributed by atoms with Gasteiger partial charge in [0, 0.05) is 24.3 Å². The summed E-state index contributed by atoms with van der Waals surface area (Å²) in [6.45, 7) is 3.51. The van der Waals surface area contributed by atoms with Gasteiger partial charge in [0.1, 0.15) is 6.29 Å². The molecule has 0 aliphatic heterocycles. The number of H-pyrrole nitrogens is 1. The van der Waals surface area contributed by atoms with Crippen LogP contribution in [-0.2, 0) is 6.54 Å². The number of carbonyl (C=O) groups excluding carboxylic acids is 1. The van der Waals surface area contributed by atoms with Crippen LogP contribution in [0.3, 0.4) is 0 Å². The summed E-state index contributed by atoms with van der Waals surface area (Å²) in [5, 5.41) is 0.522. The van der Waals surface area contributed by atoms with Gasteiger partial charge < -0.3 is 10.6 Å². The van der Waals surface area contributed by atoms with E-state index in [4.69, 9.17) is 5.73 Å². The molecule has 2 aromatic carbocycles. The van der Waals surface area contributed by atoms with Gasteiger partial charge in [0.25, 0.3) is 5.56 Å². The fraction of sp³-hybridized carbons (Fsp3) is 0.167. The van der Waals surface area contributed by atoms with Crippen LogP contribution in [0.1, 0.15) is 22.8 Å². The van der Waals surface area contributed by atoms with E-state index in [-0.39, 0.29) is 11.5 Å². The zero-order valence-electron chi connectivity index (χ0n) is 13.3. The summed E-state index contributed by atoms with van der Waals surface area (Å²) in [6.07, 6.45) is 0.828. The van der Waals surface area contributed by atoms with Crippen LogP contribution in [0.2, 0.25) is 0 Å². The van der Waals surface area contributed by atoms with Crippen LogP contribution in [0.25, 0.3) is 10.9 Å². The minimum absolute atomic E-state index is 0.116. The number of aldehydes is 1. The van der Waals surface area contributed by atoms with E-state index in [0.29, 0.717) is 23.0 Å². The third-order valence-corrected chi connectivity index (χ3v) is 3.94. The number of carbonyl (C=O) groups is 1. The van der Waals surface area contributed by atoms with Gasteiger partial charge in [0.05, 0.1) is 10.9 Å². The number of hydrogen-bond acceptors (Lipinski definition) is 5. The fourth-order valence-electron chi connectivity index (χ4n) is 2.67. The second-order valence-corrected chi connectivity index (χ2v) is 5.53. The molecule has 0 amide bonds. The van der Waals surface area contributed by atoms with Crippen molar-refractivity contribution in [1.82, 2.24) is 9.97 Å². The molecule has 0 atom stereocenters. The highest BCUT2D eigenvalue weighted by atomic mass is 16.1. The van der Waals surface area contributed by atoms with Crippen molar-refractivity contribution < 1.29 is 4.79 Å². The number of rotatable bonds is 5. The Labute approximate surface area is 138 Å². The SMILES string of the molecule is CCN(Cc1ccc2nc(N)[nH]c(=O)c2c1)c1ccc(C=O)cc1. The molecule has 0 unspecified atom stereocenters. The van der Waals surface area contributed by atoms with Crippen molar-refractivity contribution in [2.24, 2.45) is 0 Å². The van der Waals surface area contributed by atoms with Gasteiger partial charge in [-0.15, -0.1) is 0 Å². The average molecular weight is 322 g/mol. The molecule has 1 aromatic heterocycles. The molecular weight excluding hydrogens is 304 g/mol. The summed E-state index contributed by atoms with van der Waals surface area (Å²) in [4.78, 5) is 31.6. The van der Waals surface area contributed by atoms with Gasteiger partial charge in [0.15, 0.2) is 0 Å². The molecule has 0 fully saturated rings. The van der Waals surface area contributed by atoms with Crippen molar-refractivity contribution in [2.75, 3.05) is 17.2 Å². The molecule has 3 N–H and O–H groups in total.